The molecular weight excluding hydrogens is 194 g/mol. The third kappa shape index (κ3) is 2.88. The molecule has 0 aromatic heterocycles. The molecule has 0 bridgehead atoms. The van der Waals surface area contributed by atoms with Gasteiger partial charge in [0.1, 0.15) is 6.10 Å². The maximum Gasteiger partial charge on any atom is 0.251 e. The Morgan fingerprint density at radius 1 is 1.42 bits per heavy atom. The van der Waals surface area contributed by atoms with Crippen molar-refractivity contribution < 1.29 is 9.90 Å². The zero-order valence-electron chi connectivity index (χ0n) is 7.02. The van der Waals surface area contributed by atoms with E-state index in [0.29, 0.717) is 0 Å². The Morgan fingerprint density at radius 2 is 1.92 bits per heavy atom. The average molecular weight is 207 g/mol. The summed E-state index contributed by atoms with van der Waals surface area (Å²) in [5.41, 5.74) is 0. The van der Waals surface area contributed by atoms with E-state index in [1.165, 1.54) is 6.92 Å². The van der Waals surface area contributed by atoms with Gasteiger partial charge in [-0.05, 0) is 6.92 Å². The Kier molecular flexibility index (Phi) is 4.25. The molecular formula is C7H13NO2S2. The highest BCUT2D eigenvalue weighted by Gasteiger charge is 2.19. The lowest BCUT2D eigenvalue weighted by Gasteiger charge is -2.20. The van der Waals surface area contributed by atoms with Crippen LogP contribution in [0.25, 0.3) is 0 Å². The van der Waals surface area contributed by atoms with E-state index in [-0.39, 0.29) is 5.91 Å². The van der Waals surface area contributed by atoms with Crippen molar-refractivity contribution in [3.05, 3.63) is 0 Å². The van der Waals surface area contributed by atoms with Crippen LogP contribution in [0.4, 0.5) is 0 Å². The number of rotatable bonds is 1. The molecule has 0 aliphatic carbocycles. The SMILES string of the molecule is C[C@@H](O)C(=O)N1CCSSCC1. The highest BCUT2D eigenvalue weighted by Crippen LogP contribution is 2.23. The van der Waals surface area contributed by atoms with Crippen LogP contribution in [0.15, 0.2) is 0 Å². The predicted octanol–water partition coefficient (Wildman–Crippen LogP) is 0.591. The van der Waals surface area contributed by atoms with E-state index in [1.807, 2.05) is 0 Å². The average Bonchev–Trinajstić information content (AvgIpc) is 2.30. The first kappa shape index (κ1) is 10.2. The highest BCUT2D eigenvalue weighted by atomic mass is 33.1. The van der Waals surface area contributed by atoms with Crippen LogP contribution in [0.2, 0.25) is 0 Å². The molecule has 70 valence electrons. The molecule has 0 aromatic carbocycles. The highest BCUT2D eigenvalue weighted by molar-refractivity contribution is 8.76. The summed E-state index contributed by atoms with van der Waals surface area (Å²) in [7, 11) is 3.58. The lowest BCUT2D eigenvalue weighted by molar-refractivity contribution is -0.138. The van der Waals surface area contributed by atoms with E-state index >= 15 is 0 Å². The molecule has 1 saturated heterocycles. The van der Waals surface area contributed by atoms with Gasteiger partial charge in [0.2, 0.25) is 0 Å². The predicted molar refractivity (Wildman–Crippen MR) is 53.2 cm³/mol. The fourth-order valence-electron chi connectivity index (χ4n) is 1.01. The summed E-state index contributed by atoms with van der Waals surface area (Å²) >= 11 is 0. The van der Waals surface area contributed by atoms with Gasteiger partial charge in [-0.1, -0.05) is 21.6 Å². The zero-order valence-corrected chi connectivity index (χ0v) is 8.66. The van der Waals surface area contributed by atoms with Crippen molar-refractivity contribution in [3.8, 4) is 0 Å². The third-order valence-corrected chi connectivity index (χ3v) is 4.01. The number of aliphatic hydroxyl groups is 1. The van der Waals surface area contributed by atoms with Crippen molar-refractivity contribution in [2.24, 2.45) is 0 Å². The van der Waals surface area contributed by atoms with Gasteiger partial charge in [0.05, 0.1) is 0 Å². The van der Waals surface area contributed by atoms with Crippen LogP contribution in [-0.2, 0) is 4.79 Å². The van der Waals surface area contributed by atoms with Gasteiger partial charge in [0, 0.05) is 24.6 Å². The van der Waals surface area contributed by atoms with Crippen molar-refractivity contribution in [2.45, 2.75) is 13.0 Å². The summed E-state index contributed by atoms with van der Waals surface area (Å²) < 4.78 is 0. The van der Waals surface area contributed by atoms with Crippen LogP contribution < -0.4 is 0 Å². The van der Waals surface area contributed by atoms with E-state index in [9.17, 15) is 4.79 Å². The second kappa shape index (κ2) is 4.99. The Bertz CT molecular complexity index is 155. The molecule has 12 heavy (non-hydrogen) atoms. The zero-order chi connectivity index (χ0) is 8.97. The second-order valence-corrected chi connectivity index (χ2v) is 5.35. The Labute approximate surface area is 80.3 Å². The normalized spacial score (nSPS) is 21.7. The van der Waals surface area contributed by atoms with Gasteiger partial charge >= 0.3 is 0 Å². The lowest BCUT2D eigenvalue weighted by Crippen LogP contribution is -2.39. The van der Waals surface area contributed by atoms with Crippen molar-refractivity contribution >= 4 is 27.5 Å². The van der Waals surface area contributed by atoms with Gasteiger partial charge in [0.15, 0.2) is 0 Å². The van der Waals surface area contributed by atoms with Crippen molar-refractivity contribution in [2.75, 3.05) is 24.6 Å². The minimum Gasteiger partial charge on any atom is -0.384 e. The smallest absolute Gasteiger partial charge is 0.251 e. The third-order valence-electron chi connectivity index (χ3n) is 1.64. The molecule has 1 atom stereocenters. The van der Waals surface area contributed by atoms with Crippen molar-refractivity contribution in [1.29, 1.82) is 0 Å². The van der Waals surface area contributed by atoms with E-state index in [4.69, 9.17) is 5.11 Å². The summed E-state index contributed by atoms with van der Waals surface area (Å²) in [5, 5.41) is 9.06. The van der Waals surface area contributed by atoms with Crippen LogP contribution in [0.1, 0.15) is 6.92 Å². The van der Waals surface area contributed by atoms with Crippen LogP contribution >= 0.6 is 21.6 Å². The quantitative estimate of drug-likeness (QED) is 0.639. The fourth-order valence-corrected chi connectivity index (χ4v) is 2.99. The maximum atomic E-state index is 11.3. The Hall–Kier alpha value is 0.130. The van der Waals surface area contributed by atoms with E-state index in [2.05, 4.69) is 0 Å². The minimum atomic E-state index is -0.849. The number of aliphatic hydroxyl groups excluding tert-OH is 1. The molecule has 1 aliphatic heterocycles. The van der Waals surface area contributed by atoms with Crippen LogP contribution in [0.3, 0.4) is 0 Å². The summed E-state index contributed by atoms with van der Waals surface area (Å²) in [6.45, 7) is 3.05. The summed E-state index contributed by atoms with van der Waals surface area (Å²) in [4.78, 5) is 13.0. The molecule has 0 saturated carbocycles. The Morgan fingerprint density at radius 3 is 2.33 bits per heavy atom. The molecule has 0 unspecified atom stereocenters. The molecule has 1 rings (SSSR count). The van der Waals surface area contributed by atoms with Crippen molar-refractivity contribution in [3.63, 3.8) is 0 Å². The van der Waals surface area contributed by atoms with Gasteiger partial charge in [-0.2, -0.15) is 0 Å². The first-order valence-corrected chi connectivity index (χ1v) is 6.42. The van der Waals surface area contributed by atoms with E-state index in [1.54, 1.807) is 26.5 Å². The second-order valence-electron chi connectivity index (χ2n) is 2.65. The first-order chi connectivity index (χ1) is 5.72. The van der Waals surface area contributed by atoms with E-state index in [0.717, 1.165) is 24.6 Å². The standard InChI is InChI=1S/C7H13NO2S2/c1-6(9)7(10)8-2-4-11-12-5-3-8/h6,9H,2-5H2,1H3/t6-/m1/s1. The lowest BCUT2D eigenvalue weighted by atomic mass is 10.3. The number of carbonyl (C=O) groups excluding carboxylic acids is 1. The Balaban J connectivity index is 2.43. The molecule has 0 radical (unpaired) electrons. The summed E-state index contributed by atoms with van der Waals surface area (Å²) in [6.07, 6.45) is -0.849. The van der Waals surface area contributed by atoms with Gasteiger partial charge in [-0.15, -0.1) is 0 Å². The summed E-state index contributed by atoms with van der Waals surface area (Å²) in [6, 6.07) is 0. The van der Waals surface area contributed by atoms with Gasteiger partial charge in [0.25, 0.3) is 5.91 Å². The molecule has 3 nitrogen and oxygen atoms in total. The van der Waals surface area contributed by atoms with E-state index < -0.39 is 6.10 Å². The molecule has 1 aliphatic rings. The van der Waals surface area contributed by atoms with Gasteiger partial charge in [-0.3, -0.25) is 4.79 Å². The van der Waals surface area contributed by atoms with Crippen LogP contribution in [-0.4, -0.2) is 46.6 Å². The molecule has 0 aromatic rings. The summed E-state index contributed by atoms with van der Waals surface area (Å²) in [5.74, 6) is 1.78. The number of amides is 1. The minimum absolute atomic E-state index is 0.141. The number of hydrogen-bond acceptors (Lipinski definition) is 4. The maximum absolute atomic E-state index is 11.3. The first-order valence-electron chi connectivity index (χ1n) is 3.93. The number of hydrogen-bond donors (Lipinski definition) is 1. The van der Waals surface area contributed by atoms with Gasteiger partial charge < -0.3 is 10.0 Å². The van der Waals surface area contributed by atoms with Crippen molar-refractivity contribution in [1.82, 2.24) is 4.90 Å². The molecule has 0 spiro atoms. The molecule has 1 heterocycles. The van der Waals surface area contributed by atoms with Gasteiger partial charge in [-0.25, -0.2) is 0 Å². The van der Waals surface area contributed by atoms with Crippen LogP contribution in [0, 0.1) is 0 Å². The molecule has 1 fully saturated rings. The number of nitrogens with zero attached hydrogens (tertiary/aromatic N) is 1. The van der Waals surface area contributed by atoms with Crippen LogP contribution in [0.5, 0.6) is 0 Å². The fraction of sp³-hybridized carbons (Fsp3) is 0.857. The molecule has 1 N–H and O–H groups in total. The topological polar surface area (TPSA) is 40.5 Å². The number of carbonyl (C=O) groups is 1. The monoisotopic (exact) mass is 207 g/mol. The molecule has 5 heteroatoms. The largest absolute Gasteiger partial charge is 0.384 e. The molecule has 1 amide bonds.